The van der Waals surface area contributed by atoms with Gasteiger partial charge in [0.1, 0.15) is 5.75 Å². The number of phenols is 1. The average Bonchev–Trinajstić information content (AvgIpc) is 3.08. The summed E-state index contributed by atoms with van der Waals surface area (Å²) >= 11 is 0. The highest BCUT2D eigenvalue weighted by Gasteiger charge is 2.46. The maximum absolute atomic E-state index is 9.36. The summed E-state index contributed by atoms with van der Waals surface area (Å²) in [6, 6.07) is 7.90. The monoisotopic (exact) mass is 231 g/mol. The molecule has 4 nitrogen and oxygen atoms in total. The Morgan fingerprint density at radius 3 is 2.59 bits per heavy atom. The fourth-order valence-electron chi connectivity index (χ4n) is 2.61. The van der Waals surface area contributed by atoms with Crippen LogP contribution in [0, 0.1) is 0 Å². The lowest BCUT2D eigenvalue weighted by Gasteiger charge is -2.37. The minimum Gasteiger partial charge on any atom is -0.508 e. The third kappa shape index (κ3) is 1.55. The summed E-state index contributed by atoms with van der Waals surface area (Å²) < 4.78 is 0. The Bertz CT molecular complexity index is 464. The Hall–Kier alpha value is -1.71. The van der Waals surface area contributed by atoms with Crippen LogP contribution in [0.1, 0.15) is 25.3 Å². The van der Waals surface area contributed by atoms with Gasteiger partial charge in [-0.2, -0.15) is 0 Å². The number of hydrogen-bond acceptors (Lipinski definition) is 4. The van der Waals surface area contributed by atoms with Crippen molar-refractivity contribution in [3.05, 3.63) is 29.8 Å². The maximum atomic E-state index is 9.36. The molecule has 1 aliphatic carbocycles. The molecule has 17 heavy (non-hydrogen) atoms. The third-order valence-corrected chi connectivity index (χ3v) is 3.73. The van der Waals surface area contributed by atoms with Crippen molar-refractivity contribution in [2.45, 2.75) is 31.3 Å². The van der Waals surface area contributed by atoms with Gasteiger partial charge in [0.2, 0.25) is 0 Å². The first-order valence-electron chi connectivity index (χ1n) is 6.00. The van der Waals surface area contributed by atoms with Gasteiger partial charge in [0, 0.05) is 6.04 Å². The fraction of sp³-hybridized carbons (Fsp3) is 0.462. The molecule has 1 atom stereocenters. The summed E-state index contributed by atoms with van der Waals surface area (Å²) in [5.41, 5.74) is 6.99. The van der Waals surface area contributed by atoms with Crippen LogP contribution < -0.4 is 5.73 Å². The molecule has 1 fully saturated rings. The van der Waals surface area contributed by atoms with Crippen LogP contribution >= 0.6 is 0 Å². The summed E-state index contributed by atoms with van der Waals surface area (Å²) in [6.45, 7) is 2.86. The van der Waals surface area contributed by atoms with Crippen molar-refractivity contribution in [3.63, 3.8) is 0 Å². The normalized spacial score (nSPS) is 28.3. The average molecular weight is 231 g/mol. The first-order chi connectivity index (χ1) is 8.11. The molecule has 1 aromatic rings. The van der Waals surface area contributed by atoms with Crippen molar-refractivity contribution in [2.24, 2.45) is 10.7 Å². The first kappa shape index (κ1) is 10.4. The van der Waals surface area contributed by atoms with E-state index in [1.54, 1.807) is 12.1 Å². The molecule has 1 aromatic carbocycles. The number of guanidine groups is 1. The van der Waals surface area contributed by atoms with E-state index in [0.29, 0.717) is 24.3 Å². The lowest BCUT2D eigenvalue weighted by atomic mass is 9.91. The van der Waals surface area contributed by atoms with Gasteiger partial charge >= 0.3 is 0 Å². The molecule has 1 saturated carbocycles. The maximum Gasteiger partial charge on any atom is 0.192 e. The number of phenolic OH excluding ortho intramolecular Hbond substituents is 1. The van der Waals surface area contributed by atoms with Crippen LogP contribution in [0.2, 0.25) is 0 Å². The summed E-state index contributed by atoms with van der Waals surface area (Å²) in [5.74, 6) is 0.949. The molecule has 0 radical (unpaired) electrons. The molecule has 90 valence electrons. The first-order valence-corrected chi connectivity index (χ1v) is 6.00. The second-order valence-electron chi connectivity index (χ2n) is 5.10. The van der Waals surface area contributed by atoms with Crippen LogP contribution in [0.15, 0.2) is 29.3 Å². The van der Waals surface area contributed by atoms with E-state index < -0.39 is 0 Å². The SMILES string of the molecule is CC1(c2ccc(O)cc2)CN=C(N)N1C1CC1. The van der Waals surface area contributed by atoms with Gasteiger partial charge in [-0.25, -0.2) is 0 Å². The number of benzene rings is 1. The topological polar surface area (TPSA) is 61.9 Å². The smallest absolute Gasteiger partial charge is 0.192 e. The second-order valence-corrected chi connectivity index (χ2v) is 5.10. The van der Waals surface area contributed by atoms with Crippen molar-refractivity contribution < 1.29 is 5.11 Å². The van der Waals surface area contributed by atoms with Crippen LogP contribution in [0.4, 0.5) is 0 Å². The molecule has 3 N–H and O–H groups in total. The van der Waals surface area contributed by atoms with Gasteiger partial charge in [-0.3, -0.25) is 4.99 Å². The van der Waals surface area contributed by atoms with Gasteiger partial charge in [-0.15, -0.1) is 0 Å². The molecule has 4 heteroatoms. The molecule has 0 amide bonds. The molecule has 0 saturated heterocycles. The van der Waals surface area contributed by atoms with E-state index in [1.807, 2.05) is 12.1 Å². The van der Waals surface area contributed by atoms with Crippen molar-refractivity contribution in [2.75, 3.05) is 6.54 Å². The Morgan fingerprint density at radius 1 is 1.35 bits per heavy atom. The lowest BCUT2D eigenvalue weighted by molar-refractivity contribution is 0.216. The van der Waals surface area contributed by atoms with Gasteiger partial charge in [-0.1, -0.05) is 12.1 Å². The van der Waals surface area contributed by atoms with Crippen LogP contribution in [0.5, 0.6) is 5.75 Å². The van der Waals surface area contributed by atoms with Crippen LogP contribution in [0.25, 0.3) is 0 Å². The molecule has 0 bridgehead atoms. The van der Waals surface area contributed by atoms with Crippen molar-refractivity contribution in [3.8, 4) is 5.75 Å². The lowest BCUT2D eigenvalue weighted by Crippen LogP contribution is -2.48. The zero-order valence-corrected chi connectivity index (χ0v) is 9.93. The predicted octanol–water partition coefficient (Wildman–Crippen LogP) is 1.40. The van der Waals surface area contributed by atoms with Crippen molar-refractivity contribution in [1.82, 2.24) is 4.90 Å². The van der Waals surface area contributed by atoms with E-state index in [1.165, 1.54) is 12.8 Å². The highest BCUT2D eigenvalue weighted by molar-refractivity contribution is 5.82. The Labute approximate surface area is 101 Å². The van der Waals surface area contributed by atoms with E-state index in [4.69, 9.17) is 5.73 Å². The molecule has 2 aliphatic rings. The number of aliphatic imine (C=N–C) groups is 1. The summed E-state index contributed by atoms with van der Waals surface area (Å²) in [6.07, 6.45) is 2.40. The van der Waals surface area contributed by atoms with E-state index in [0.717, 1.165) is 5.56 Å². The van der Waals surface area contributed by atoms with E-state index in [-0.39, 0.29) is 5.54 Å². The predicted molar refractivity (Wildman–Crippen MR) is 66.8 cm³/mol. The molecular weight excluding hydrogens is 214 g/mol. The number of rotatable bonds is 2. The number of nitrogens with zero attached hydrogens (tertiary/aromatic N) is 2. The van der Waals surface area contributed by atoms with Gasteiger partial charge in [0.05, 0.1) is 12.1 Å². The number of nitrogens with two attached hydrogens (primary N) is 1. The highest BCUT2D eigenvalue weighted by Crippen LogP contribution is 2.41. The molecule has 0 aromatic heterocycles. The Morgan fingerprint density at radius 2 is 2.00 bits per heavy atom. The number of hydrogen-bond donors (Lipinski definition) is 2. The summed E-state index contributed by atoms with van der Waals surface area (Å²) in [7, 11) is 0. The van der Waals surface area contributed by atoms with Crippen LogP contribution in [0.3, 0.4) is 0 Å². The van der Waals surface area contributed by atoms with Gasteiger partial charge in [0.25, 0.3) is 0 Å². The van der Waals surface area contributed by atoms with E-state index >= 15 is 0 Å². The molecule has 1 heterocycles. The molecular formula is C13H17N3O. The van der Waals surface area contributed by atoms with Crippen molar-refractivity contribution >= 4 is 5.96 Å². The molecule has 1 unspecified atom stereocenters. The highest BCUT2D eigenvalue weighted by atomic mass is 16.3. The fourth-order valence-corrected chi connectivity index (χ4v) is 2.61. The van der Waals surface area contributed by atoms with Gasteiger partial charge < -0.3 is 15.7 Å². The minimum atomic E-state index is -0.154. The van der Waals surface area contributed by atoms with E-state index in [9.17, 15) is 5.11 Å². The quantitative estimate of drug-likeness (QED) is 0.808. The molecule has 0 spiro atoms. The van der Waals surface area contributed by atoms with Gasteiger partial charge in [0.15, 0.2) is 5.96 Å². The van der Waals surface area contributed by atoms with Gasteiger partial charge in [-0.05, 0) is 37.5 Å². The Balaban J connectivity index is 1.97. The minimum absolute atomic E-state index is 0.154. The molecule has 1 aliphatic heterocycles. The Kier molecular flexibility index (Phi) is 2.08. The largest absolute Gasteiger partial charge is 0.508 e. The summed E-state index contributed by atoms with van der Waals surface area (Å²) in [5, 5.41) is 9.36. The van der Waals surface area contributed by atoms with Crippen LogP contribution in [-0.2, 0) is 5.54 Å². The van der Waals surface area contributed by atoms with Crippen molar-refractivity contribution in [1.29, 1.82) is 0 Å². The van der Waals surface area contributed by atoms with Crippen LogP contribution in [-0.4, -0.2) is 28.6 Å². The zero-order chi connectivity index (χ0) is 12.0. The molecule has 3 rings (SSSR count). The summed E-state index contributed by atoms with van der Waals surface area (Å²) in [4.78, 5) is 6.62. The standard InChI is InChI=1S/C13H17N3O/c1-13(9-2-6-11(17)7-3-9)8-15-12(14)16(13)10-4-5-10/h2-3,6-7,10,17H,4-5,8H2,1H3,(H2,14,15). The van der Waals surface area contributed by atoms with E-state index in [2.05, 4.69) is 16.8 Å². The third-order valence-electron chi connectivity index (χ3n) is 3.73. The zero-order valence-electron chi connectivity index (χ0n) is 9.93. The second kappa shape index (κ2) is 3.39. The number of aromatic hydroxyl groups is 1.